The smallest absolute Gasteiger partial charge is 0.203 e. The quantitative estimate of drug-likeness (QED) is 0.753. The predicted octanol–water partition coefficient (Wildman–Crippen LogP) is 4.71. The molecular formula is C13H10BrClO2S. The summed E-state index contributed by atoms with van der Waals surface area (Å²) in [6.07, 6.45) is 0. The molecule has 1 aromatic heterocycles. The van der Waals surface area contributed by atoms with Crippen LogP contribution in [0.2, 0.25) is 5.02 Å². The van der Waals surface area contributed by atoms with Gasteiger partial charge in [-0.2, -0.15) is 0 Å². The minimum absolute atomic E-state index is 0.0293. The number of aryl methyl sites for hydroxylation is 1. The Hall–Kier alpha value is -0.840. The number of ether oxygens (including phenoxy) is 1. The second-order valence-corrected chi connectivity index (χ2v) is 6.52. The lowest BCUT2D eigenvalue weighted by molar-refractivity contribution is 0.104. The van der Waals surface area contributed by atoms with Crippen LogP contribution in [-0.2, 0) is 0 Å². The zero-order chi connectivity index (χ0) is 13.3. The number of hydrogen-bond donors (Lipinski definition) is 0. The molecule has 2 aromatic rings. The molecule has 0 amide bonds. The van der Waals surface area contributed by atoms with Gasteiger partial charge in [0.2, 0.25) is 5.78 Å². The number of halogens is 2. The van der Waals surface area contributed by atoms with Crippen LogP contribution in [0.5, 0.6) is 5.75 Å². The van der Waals surface area contributed by atoms with E-state index in [4.69, 9.17) is 16.3 Å². The first-order chi connectivity index (χ1) is 8.52. The first-order valence-corrected chi connectivity index (χ1v) is 7.16. The van der Waals surface area contributed by atoms with Crippen LogP contribution < -0.4 is 4.74 Å². The molecule has 0 aliphatic carbocycles. The highest BCUT2D eigenvalue weighted by Crippen LogP contribution is 2.31. The number of methoxy groups -OCH3 is 1. The van der Waals surface area contributed by atoms with E-state index in [1.54, 1.807) is 25.3 Å². The number of thiophene rings is 1. The lowest BCUT2D eigenvalue weighted by Gasteiger charge is -2.04. The average molecular weight is 346 g/mol. The normalized spacial score (nSPS) is 10.4. The van der Waals surface area contributed by atoms with Gasteiger partial charge in [-0.1, -0.05) is 11.6 Å². The number of rotatable bonds is 3. The van der Waals surface area contributed by atoms with Crippen LogP contribution in [-0.4, -0.2) is 12.9 Å². The van der Waals surface area contributed by atoms with E-state index < -0.39 is 0 Å². The van der Waals surface area contributed by atoms with E-state index in [-0.39, 0.29) is 5.78 Å². The van der Waals surface area contributed by atoms with E-state index in [1.807, 2.05) is 13.0 Å². The van der Waals surface area contributed by atoms with Gasteiger partial charge in [-0.05, 0) is 52.7 Å². The van der Waals surface area contributed by atoms with Crippen molar-refractivity contribution in [3.63, 3.8) is 0 Å². The Morgan fingerprint density at radius 3 is 2.61 bits per heavy atom. The molecule has 0 aliphatic heterocycles. The molecule has 2 rings (SSSR count). The van der Waals surface area contributed by atoms with E-state index in [1.165, 1.54) is 11.3 Å². The number of ketones is 1. The summed E-state index contributed by atoms with van der Waals surface area (Å²) in [5.74, 6) is 0.537. The number of benzene rings is 1. The summed E-state index contributed by atoms with van der Waals surface area (Å²) in [5.41, 5.74) is 1.62. The molecule has 1 heterocycles. The third kappa shape index (κ3) is 2.60. The fraction of sp³-hybridized carbons (Fsp3) is 0.154. The van der Waals surface area contributed by atoms with E-state index in [9.17, 15) is 4.79 Å². The van der Waals surface area contributed by atoms with Gasteiger partial charge >= 0.3 is 0 Å². The third-order valence-corrected chi connectivity index (χ3v) is 4.93. The summed E-state index contributed by atoms with van der Waals surface area (Å²) in [5, 5.41) is 0.440. The SMILES string of the molecule is COc1ccc(C(=O)c2cc(C)c(Br)s2)cc1Cl. The van der Waals surface area contributed by atoms with Crippen molar-refractivity contribution in [1.82, 2.24) is 0 Å². The molecule has 1 aromatic carbocycles. The lowest BCUT2D eigenvalue weighted by atomic mass is 10.1. The Balaban J connectivity index is 2.37. The Bertz CT molecular complexity index is 588. The first-order valence-electron chi connectivity index (χ1n) is 5.17. The van der Waals surface area contributed by atoms with E-state index >= 15 is 0 Å². The van der Waals surface area contributed by atoms with Crippen LogP contribution >= 0.6 is 38.9 Å². The molecule has 0 radical (unpaired) electrons. The summed E-state index contributed by atoms with van der Waals surface area (Å²) in [6.45, 7) is 1.96. The number of carbonyl (C=O) groups excluding carboxylic acids is 1. The van der Waals surface area contributed by atoms with E-state index in [0.29, 0.717) is 21.2 Å². The minimum Gasteiger partial charge on any atom is -0.495 e. The maximum Gasteiger partial charge on any atom is 0.203 e. The summed E-state index contributed by atoms with van der Waals surface area (Å²) in [6, 6.07) is 6.92. The largest absolute Gasteiger partial charge is 0.495 e. The molecule has 0 fully saturated rings. The van der Waals surface area contributed by atoms with Crippen LogP contribution in [0.3, 0.4) is 0 Å². The molecule has 0 unspecified atom stereocenters. The molecule has 0 saturated heterocycles. The standard InChI is InChI=1S/C13H10BrClO2S/c1-7-5-11(18-13(7)14)12(16)8-3-4-10(17-2)9(15)6-8/h3-6H,1-2H3. The van der Waals surface area contributed by atoms with Crippen molar-refractivity contribution in [3.05, 3.63) is 49.1 Å². The van der Waals surface area contributed by atoms with Crippen molar-refractivity contribution in [2.24, 2.45) is 0 Å². The average Bonchev–Trinajstić information content (AvgIpc) is 2.68. The molecule has 0 N–H and O–H groups in total. The molecule has 0 atom stereocenters. The van der Waals surface area contributed by atoms with Gasteiger partial charge in [0.1, 0.15) is 5.75 Å². The van der Waals surface area contributed by atoms with Gasteiger partial charge in [0.05, 0.1) is 20.8 Å². The molecule has 0 aliphatic rings. The minimum atomic E-state index is -0.0293. The Morgan fingerprint density at radius 1 is 1.39 bits per heavy atom. The van der Waals surface area contributed by atoms with Crippen LogP contribution in [0.25, 0.3) is 0 Å². The lowest BCUT2D eigenvalue weighted by Crippen LogP contribution is -1.98. The molecular weight excluding hydrogens is 336 g/mol. The highest BCUT2D eigenvalue weighted by atomic mass is 79.9. The molecule has 94 valence electrons. The highest BCUT2D eigenvalue weighted by Gasteiger charge is 2.15. The predicted molar refractivity (Wildman–Crippen MR) is 78.2 cm³/mol. The summed E-state index contributed by atoms with van der Waals surface area (Å²) >= 11 is 10.9. The van der Waals surface area contributed by atoms with Crippen molar-refractivity contribution >= 4 is 44.7 Å². The van der Waals surface area contributed by atoms with Crippen LogP contribution in [0.15, 0.2) is 28.1 Å². The Morgan fingerprint density at radius 2 is 2.11 bits per heavy atom. The summed E-state index contributed by atoms with van der Waals surface area (Å²) in [4.78, 5) is 12.9. The fourth-order valence-corrected chi connectivity index (χ4v) is 3.28. The maximum absolute atomic E-state index is 12.3. The van der Waals surface area contributed by atoms with Crippen molar-refractivity contribution < 1.29 is 9.53 Å². The van der Waals surface area contributed by atoms with Crippen LogP contribution in [0.4, 0.5) is 0 Å². The Labute approximate surface area is 123 Å². The number of carbonyl (C=O) groups is 1. The zero-order valence-corrected chi connectivity index (χ0v) is 12.9. The molecule has 0 saturated carbocycles. The molecule has 18 heavy (non-hydrogen) atoms. The summed E-state index contributed by atoms with van der Waals surface area (Å²) < 4.78 is 6.04. The van der Waals surface area contributed by atoms with Crippen molar-refractivity contribution in [3.8, 4) is 5.75 Å². The topological polar surface area (TPSA) is 26.3 Å². The van der Waals surface area contributed by atoms with Gasteiger partial charge in [0, 0.05) is 5.56 Å². The molecule has 0 bridgehead atoms. The first kappa shape index (κ1) is 13.6. The molecule has 5 heteroatoms. The van der Waals surface area contributed by atoms with Gasteiger partial charge in [0.15, 0.2) is 0 Å². The highest BCUT2D eigenvalue weighted by molar-refractivity contribution is 9.11. The second kappa shape index (κ2) is 5.43. The third-order valence-electron chi connectivity index (χ3n) is 2.49. The van der Waals surface area contributed by atoms with Gasteiger partial charge in [-0.15, -0.1) is 11.3 Å². The van der Waals surface area contributed by atoms with Crippen molar-refractivity contribution in [2.75, 3.05) is 7.11 Å². The van der Waals surface area contributed by atoms with E-state index in [0.717, 1.165) is 9.35 Å². The van der Waals surface area contributed by atoms with Gasteiger partial charge in [0.25, 0.3) is 0 Å². The van der Waals surface area contributed by atoms with Crippen molar-refractivity contribution in [1.29, 1.82) is 0 Å². The van der Waals surface area contributed by atoms with Crippen molar-refractivity contribution in [2.45, 2.75) is 6.92 Å². The Kier molecular flexibility index (Phi) is 4.10. The maximum atomic E-state index is 12.3. The van der Waals surface area contributed by atoms with Gasteiger partial charge in [-0.25, -0.2) is 0 Å². The van der Waals surface area contributed by atoms with Gasteiger partial charge in [-0.3, -0.25) is 4.79 Å². The van der Waals surface area contributed by atoms with Crippen LogP contribution in [0, 0.1) is 6.92 Å². The number of hydrogen-bond acceptors (Lipinski definition) is 3. The van der Waals surface area contributed by atoms with E-state index in [2.05, 4.69) is 15.9 Å². The molecule has 2 nitrogen and oxygen atoms in total. The molecule has 0 spiro atoms. The fourth-order valence-electron chi connectivity index (χ4n) is 1.52. The second-order valence-electron chi connectivity index (χ2n) is 3.75. The monoisotopic (exact) mass is 344 g/mol. The zero-order valence-electron chi connectivity index (χ0n) is 9.79. The van der Waals surface area contributed by atoms with Gasteiger partial charge < -0.3 is 4.74 Å². The van der Waals surface area contributed by atoms with Crippen LogP contribution in [0.1, 0.15) is 20.8 Å². The summed E-state index contributed by atoms with van der Waals surface area (Å²) in [7, 11) is 1.54.